The molecule has 2 unspecified atom stereocenters. The van der Waals surface area contributed by atoms with Crippen molar-refractivity contribution in [1.82, 2.24) is 0 Å². The molecule has 0 bridgehead atoms. The molecule has 1 saturated carbocycles. The van der Waals surface area contributed by atoms with Gasteiger partial charge in [0.1, 0.15) is 0 Å². The maximum absolute atomic E-state index is 6.20. The second-order valence-corrected chi connectivity index (χ2v) is 6.24. The number of nitrogens with two attached hydrogens (primary N) is 1. The summed E-state index contributed by atoms with van der Waals surface area (Å²) in [5.41, 5.74) is 7.21. The summed E-state index contributed by atoms with van der Waals surface area (Å²) in [4.78, 5) is 0. The smallest absolute Gasteiger partial charge is 0.0611 e. The predicted octanol–water partition coefficient (Wildman–Crippen LogP) is 3.15. The van der Waals surface area contributed by atoms with Crippen LogP contribution in [0.4, 0.5) is 0 Å². The fourth-order valence-corrected chi connectivity index (χ4v) is 3.81. The molecule has 0 spiro atoms. The van der Waals surface area contributed by atoms with Crippen molar-refractivity contribution in [2.75, 3.05) is 6.54 Å². The number of aryl methyl sites for hydroxylation is 1. The van der Waals surface area contributed by atoms with Crippen LogP contribution >= 0.6 is 0 Å². The van der Waals surface area contributed by atoms with E-state index >= 15 is 0 Å². The van der Waals surface area contributed by atoms with E-state index < -0.39 is 0 Å². The lowest BCUT2D eigenvalue weighted by Gasteiger charge is -2.14. The maximum Gasteiger partial charge on any atom is 0.0611 e. The molecule has 2 aliphatic rings. The van der Waals surface area contributed by atoms with Crippen molar-refractivity contribution in [3.8, 4) is 0 Å². The molecule has 1 aliphatic carbocycles. The SMILES string of the molecule is NC[C@H]1CC2C[C@@H](CCCc3ccccc3)OC2C1. The maximum atomic E-state index is 6.20. The van der Waals surface area contributed by atoms with Gasteiger partial charge in [0.25, 0.3) is 0 Å². The summed E-state index contributed by atoms with van der Waals surface area (Å²) in [5.74, 6) is 1.52. The van der Waals surface area contributed by atoms with E-state index in [2.05, 4.69) is 30.3 Å². The monoisotopic (exact) mass is 259 g/mol. The van der Waals surface area contributed by atoms with Gasteiger partial charge in [0.15, 0.2) is 0 Å². The Balaban J connectivity index is 1.39. The van der Waals surface area contributed by atoms with Gasteiger partial charge < -0.3 is 10.5 Å². The topological polar surface area (TPSA) is 35.2 Å². The van der Waals surface area contributed by atoms with Gasteiger partial charge in [-0.05, 0) is 62.5 Å². The van der Waals surface area contributed by atoms with E-state index in [1.165, 1.54) is 44.1 Å². The van der Waals surface area contributed by atoms with Crippen molar-refractivity contribution in [3.63, 3.8) is 0 Å². The first-order chi connectivity index (χ1) is 9.35. The summed E-state index contributed by atoms with van der Waals surface area (Å²) < 4.78 is 6.20. The van der Waals surface area contributed by atoms with E-state index in [-0.39, 0.29) is 0 Å². The van der Waals surface area contributed by atoms with E-state index in [0.29, 0.717) is 12.2 Å². The Hall–Kier alpha value is -0.860. The van der Waals surface area contributed by atoms with Gasteiger partial charge in [-0.25, -0.2) is 0 Å². The molecule has 1 aromatic rings. The average molecular weight is 259 g/mol. The molecule has 4 atom stereocenters. The first-order valence-electron chi connectivity index (χ1n) is 7.74. The summed E-state index contributed by atoms with van der Waals surface area (Å²) in [6, 6.07) is 10.8. The molecule has 19 heavy (non-hydrogen) atoms. The number of hydrogen-bond acceptors (Lipinski definition) is 2. The Morgan fingerprint density at radius 2 is 1.95 bits per heavy atom. The lowest BCUT2D eigenvalue weighted by Crippen LogP contribution is -2.16. The van der Waals surface area contributed by atoms with Crippen LogP contribution in [0.25, 0.3) is 0 Å². The molecular formula is C17H25NO. The van der Waals surface area contributed by atoms with Crippen LogP contribution in [0.5, 0.6) is 0 Å². The molecule has 2 fully saturated rings. The van der Waals surface area contributed by atoms with E-state index in [1.807, 2.05) is 0 Å². The van der Waals surface area contributed by atoms with Gasteiger partial charge in [-0.15, -0.1) is 0 Å². The highest BCUT2D eigenvalue weighted by Gasteiger charge is 2.41. The quantitative estimate of drug-likeness (QED) is 0.881. The zero-order chi connectivity index (χ0) is 13.1. The molecule has 0 amide bonds. The van der Waals surface area contributed by atoms with Crippen LogP contribution in [0.3, 0.4) is 0 Å². The van der Waals surface area contributed by atoms with Crippen LogP contribution in [0.2, 0.25) is 0 Å². The molecule has 0 radical (unpaired) electrons. The zero-order valence-corrected chi connectivity index (χ0v) is 11.6. The molecule has 0 aromatic heterocycles. The second kappa shape index (κ2) is 6.06. The fraction of sp³-hybridized carbons (Fsp3) is 0.647. The van der Waals surface area contributed by atoms with Crippen LogP contribution < -0.4 is 5.73 Å². The van der Waals surface area contributed by atoms with E-state index in [9.17, 15) is 0 Å². The third-order valence-corrected chi connectivity index (χ3v) is 4.83. The first-order valence-corrected chi connectivity index (χ1v) is 7.74. The van der Waals surface area contributed by atoms with Crippen LogP contribution in [0, 0.1) is 11.8 Å². The van der Waals surface area contributed by atoms with Crippen LogP contribution in [0.15, 0.2) is 30.3 Å². The van der Waals surface area contributed by atoms with Crippen LogP contribution in [0.1, 0.15) is 37.7 Å². The molecule has 2 N–H and O–H groups in total. The van der Waals surface area contributed by atoms with Gasteiger partial charge >= 0.3 is 0 Å². The summed E-state index contributed by atoms with van der Waals surface area (Å²) in [7, 11) is 0. The van der Waals surface area contributed by atoms with E-state index in [4.69, 9.17) is 10.5 Å². The molecule has 3 rings (SSSR count). The molecule has 2 heteroatoms. The molecule has 1 saturated heterocycles. The largest absolute Gasteiger partial charge is 0.375 e. The zero-order valence-electron chi connectivity index (χ0n) is 11.6. The van der Waals surface area contributed by atoms with Crippen molar-refractivity contribution in [2.24, 2.45) is 17.6 Å². The summed E-state index contributed by atoms with van der Waals surface area (Å²) in [6.07, 6.45) is 8.46. The summed E-state index contributed by atoms with van der Waals surface area (Å²) in [5, 5.41) is 0. The van der Waals surface area contributed by atoms with E-state index in [0.717, 1.165) is 18.4 Å². The third kappa shape index (κ3) is 3.18. The molecule has 1 aliphatic heterocycles. The Morgan fingerprint density at radius 3 is 2.68 bits per heavy atom. The van der Waals surface area contributed by atoms with Crippen LogP contribution in [-0.2, 0) is 11.2 Å². The number of fused-ring (bicyclic) bond motifs is 1. The van der Waals surface area contributed by atoms with Gasteiger partial charge in [0, 0.05) is 0 Å². The van der Waals surface area contributed by atoms with Crippen molar-refractivity contribution in [2.45, 2.75) is 50.7 Å². The number of benzene rings is 1. The van der Waals surface area contributed by atoms with E-state index in [1.54, 1.807) is 0 Å². The van der Waals surface area contributed by atoms with Crippen molar-refractivity contribution >= 4 is 0 Å². The molecule has 104 valence electrons. The minimum atomic E-state index is 0.512. The Morgan fingerprint density at radius 1 is 1.11 bits per heavy atom. The minimum Gasteiger partial charge on any atom is -0.375 e. The minimum absolute atomic E-state index is 0.512. The van der Waals surface area contributed by atoms with Crippen molar-refractivity contribution in [1.29, 1.82) is 0 Å². The molecule has 1 aromatic carbocycles. The Kier molecular flexibility index (Phi) is 4.19. The predicted molar refractivity (Wildman–Crippen MR) is 77.9 cm³/mol. The second-order valence-electron chi connectivity index (χ2n) is 6.24. The van der Waals surface area contributed by atoms with Gasteiger partial charge in [-0.2, -0.15) is 0 Å². The number of hydrogen-bond donors (Lipinski definition) is 1. The highest BCUT2D eigenvalue weighted by molar-refractivity contribution is 5.14. The third-order valence-electron chi connectivity index (χ3n) is 4.83. The van der Waals surface area contributed by atoms with Gasteiger partial charge in [0.2, 0.25) is 0 Å². The normalized spacial score (nSPS) is 33.5. The Bertz CT molecular complexity index is 378. The van der Waals surface area contributed by atoms with Gasteiger partial charge in [-0.3, -0.25) is 0 Å². The van der Waals surface area contributed by atoms with Gasteiger partial charge in [0.05, 0.1) is 12.2 Å². The lowest BCUT2D eigenvalue weighted by atomic mass is 9.97. The standard InChI is InChI=1S/C17H25NO/c18-12-14-9-15-11-16(19-17(15)10-14)8-4-7-13-5-2-1-3-6-13/h1-3,5-6,14-17H,4,7-12,18H2/t14-,15?,16+,17?/m0/s1. The molecule has 1 heterocycles. The molecule has 2 nitrogen and oxygen atoms in total. The summed E-state index contributed by atoms with van der Waals surface area (Å²) in [6.45, 7) is 0.842. The number of rotatable bonds is 5. The fourth-order valence-electron chi connectivity index (χ4n) is 3.81. The summed E-state index contributed by atoms with van der Waals surface area (Å²) >= 11 is 0. The molecular weight excluding hydrogens is 234 g/mol. The average Bonchev–Trinajstić information content (AvgIpc) is 2.97. The number of ether oxygens (including phenoxy) is 1. The van der Waals surface area contributed by atoms with Crippen molar-refractivity contribution < 1.29 is 4.74 Å². The lowest BCUT2D eigenvalue weighted by molar-refractivity contribution is 0.0327. The van der Waals surface area contributed by atoms with Crippen molar-refractivity contribution in [3.05, 3.63) is 35.9 Å². The highest BCUT2D eigenvalue weighted by Crippen LogP contribution is 2.42. The highest BCUT2D eigenvalue weighted by atomic mass is 16.5. The first kappa shape index (κ1) is 13.1. The van der Waals surface area contributed by atoms with Gasteiger partial charge in [-0.1, -0.05) is 30.3 Å². The Labute approximate surface area is 116 Å². The van der Waals surface area contributed by atoms with Crippen LogP contribution in [-0.4, -0.2) is 18.8 Å².